The second-order valence-corrected chi connectivity index (χ2v) is 15.3. The molecule has 12 nitrogen and oxygen atoms in total. The summed E-state index contributed by atoms with van der Waals surface area (Å²) in [7, 11) is 0. The predicted octanol–water partition coefficient (Wildman–Crippen LogP) is 6.99. The molecule has 300 valence electrons. The number of rotatable bonds is 10. The van der Waals surface area contributed by atoms with E-state index in [4.69, 9.17) is 19.9 Å². The number of likely N-dealkylation sites (tertiary alicyclic amines) is 2. The molecule has 4 heterocycles. The highest BCUT2D eigenvalue weighted by Crippen LogP contribution is 2.46. The number of carbonyl (C=O) groups excluding carboxylic acids is 2. The number of ether oxygens (including phenoxy) is 3. The third kappa shape index (κ3) is 8.82. The molecule has 2 saturated heterocycles. The largest absolute Gasteiger partial charge is 0.464 e. The molecule has 2 aromatic carbocycles. The number of halogens is 3. The summed E-state index contributed by atoms with van der Waals surface area (Å²) < 4.78 is 63.5. The number of piperidine rings is 1. The highest BCUT2D eigenvalue weighted by atomic mass is 19.4. The molecule has 1 aromatic heterocycles. The van der Waals surface area contributed by atoms with Crippen LogP contribution in [0.15, 0.2) is 77.7 Å². The molecule has 1 amide bonds. The van der Waals surface area contributed by atoms with Gasteiger partial charge in [0.15, 0.2) is 18.3 Å². The van der Waals surface area contributed by atoms with Crippen LogP contribution < -0.4 is 11.1 Å². The standard InChI is InChI=1S/C41H50F3N7O5/c1-3-54-37(52)33-24-40(26-50(33)39(53)55-25-28-10-6-4-7-11-28)17-20-49(21-18-40)34-23-35(47-38(45)46-34)56-36(41(42,43)44)31-15-14-30(29-12-8-5-9-13-29)22-32(31)51-19-16-27(2)48-51/h4,6-7,10-11,14-16,19,22-23,29,33,35-36H,3,5,8-9,12-13,17-18,20-21,24-26H2,1-2H3,(H3,45,46,47)/t33-,35?,36+/m0/s1. The molecule has 15 heteroatoms. The van der Waals surface area contributed by atoms with E-state index in [2.05, 4.69) is 15.4 Å². The van der Waals surface area contributed by atoms with Crippen LogP contribution >= 0.6 is 0 Å². The normalized spacial score (nSPS) is 21.9. The molecule has 3 atom stereocenters. The van der Waals surface area contributed by atoms with Gasteiger partial charge in [-0.05, 0) is 80.5 Å². The van der Waals surface area contributed by atoms with Crippen LogP contribution in [-0.2, 0) is 25.6 Å². The number of hydrogen-bond acceptors (Lipinski definition) is 10. The molecule has 3 aromatic rings. The van der Waals surface area contributed by atoms with Gasteiger partial charge >= 0.3 is 18.2 Å². The average Bonchev–Trinajstić information content (AvgIpc) is 3.80. The van der Waals surface area contributed by atoms with Crippen molar-refractivity contribution in [3.63, 3.8) is 0 Å². The first-order chi connectivity index (χ1) is 26.9. The summed E-state index contributed by atoms with van der Waals surface area (Å²) >= 11 is 0. The maximum Gasteiger partial charge on any atom is 0.419 e. The Labute approximate surface area is 324 Å². The second kappa shape index (κ2) is 16.6. The summed E-state index contributed by atoms with van der Waals surface area (Å²) in [5.41, 5.74) is 8.56. The van der Waals surface area contributed by atoms with Gasteiger partial charge in [-0.1, -0.05) is 61.7 Å². The fraction of sp³-hybridized carbons (Fsp3) is 0.512. The number of amides is 1. The quantitative estimate of drug-likeness (QED) is 0.209. The molecule has 4 aliphatic rings. The van der Waals surface area contributed by atoms with Crippen molar-refractivity contribution in [2.45, 2.75) is 102 Å². The monoisotopic (exact) mass is 777 g/mol. The first-order valence-electron chi connectivity index (χ1n) is 19.5. The number of aryl methyl sites for hydroxylation is 1. The molecule has 7 rings (SSSR count). The highest BCUT2D eigenvalue weighted by Gasteiger charge is 2.51. The lowest BCUT2D eigenvalue weighted by atomic mass is 9.76. The van der Waals surface area contributed by atoms with E-state index in [1.165, 1.54) is 28.1 Å². The molecule has 56 heavy (non-hydrogen) atoms. The van der Waals surface area contributed by atoms with Crippen LogP contribution in [0.1, 0.15) is 92.7 Å². The van der Waals surface area contributed by atoms with Crippen molar-refractivity contribution in [3.05, 3.63) is 95.1 Å². The lowest BCUT2D eigenvalue weighted by molar-refractivity contribution is -0.233. The van der Waals surface area contributed by atoms with Crippen LogP contribution in [0.3, 0.4) is 0 Å². The van der Waals surface area contributed by atoms with Gasteiger partial charge in [0.05, 0.1) is 18.0 Å². The molecule has 0 radical (unpaired) electrons. The Hall–Kier alpha value is -5.05. The maximum atomic E-state index is 15.1. The Kier molecular flexibility index (Phi) is 11.6. The third-order valence-corrected chi connectivity index (χ3v) is 11.4. The Balaban J connectivity index is 1.07. The predicted molar refractivity (Wildman–Crippen MR) is 202 cm³/mol. The minimum atomic E-state index is -4.77. The molecule has 1 aliphatic carbocycles. The summed E-state index contributed by atoms with van der Waals surface area (Å²) in [6, 6.07) is 15.4. The minimum absolute atomic E-state index is 0.0536. The zero-order valence-corrected chi connectivity index (χ0v) is 31.8. The van der Waals surface area contributed by atoms with Crippen molar-refractivity contribution >= 4 is 18.0 Å². The van der Waals surface area contributed by atoms with E-state index in [0.717, 1.165) is 36.8 Å². The summed E-state index contributed by atoms with van der Waals surface area (Å²) in [6.45, 7) is 5.00. The number of esters is 1. The number of benzene rings is 2. The van der Waals surface area contributed by atoms with E-state index in [1.807, 2.05) is 41.3 Å². The van der Waals surface area contributed by atoms with E-state index in [1.54, 1.807) is 32.2 Å². The Morgan fingerprint density at radius 3 is 2.46 bits per heavy atom. The van der Waals surface area contributed by atoms with Crippen LogP contribution in [0.25, 0.3) is 5.69 Å². The van der Waals surface area contributed by atoms with Crippen LogP contribution in [0.4, 0.5) is 18.0 Å². The van der Waals surface area contributed by atoms with Crippen molar-refractivity contribution in [1.82, 2.24) is 24.9 Å². The Morgan fingerprint density at radius 1 is 1.04 bits per heavy atom. The SMILES string of the molecule is CCOC(=O)[C@@H]1CC2(CCN(C3=CC(O[C@H](c4ccc(C5CCCCC5)cc4-n4ccc(C)n4)C(F)(F)F)NC(N)=N3)CC2)CN1C(=O)OCc1ccccc1. The van der Waals surface area contributed by atoms with Crippen LogP contribution in [0, 0.1) is 12.3 Å². The number of hydrogen-bond donors (Lipinski definition) is 2. The van der Waals surface area contributed by atoms with E-state index >= 15 is 13.2 Å². The average molecular weight is 778 g/mol. The lowest BCUT2D eigenvalue weighted by Gasteiger charge is -2.41. The van der Waals surface area contributed by atoms with Crippen molar-refractivity contribution in [3.8, 4) is 5.69 Å². The van der Waals surface area contributed by atoms with E-state index in [0.29, 0.717) is 56.1 Å². The number of nitrogens with two attached hydrogens (primary N) is 1. The Bertz CT molecular complexity index is 1920. The first kappa shape index (κ1) is 39.2. The number of carbonyl (C=O) groups is 2. The van der Waals surface area contributed by atoms with Gasteiger partial charge in [0.1, 0.15) is 18.5 Å². The summed E-state index contributed by atoms with van der Waals surface area (Å²) in [5, 5.41) is 7.26. The smallest absolute Gasteiger partial charge is 0.419 e. The zero-order chi connectivity index (χ0) is 39.5. The molecule has 1 saturated carbocycles. The fourth-order valence-corrected chi connectivity index (χ4v) is 8.53. The fourth-order valence-electron chi connectivity index (χ4n) is 8.53. The molecule has 0 bridgehead atoms. The number of nitrogens with one attached hydrogen (secondary N) is 1. The topological polar surface area (TPSA) is 137 Å². The third-order valence-electron chi connectivity index (χ3n) is 11.4. The van der Waals surface area contributed by atoms with Crippen LogP contribution in [0.5, 0.6) is 0 Å². The van der Waals surface area contributed by atoms with Crippen LogP contribution in [0.2, 0.25) is 0 Å². The van der Waals surface area contributed by atoms with Gasteiger partial charge in [-0.15, -0.1) is 0 Å². The van der Waals surface area contributed by atoms with Gasteiger partial charge < -0.3 is 30.2 Å². The Morgan fingerprint density at radius 2 is 1.79 bits per heavy atom. The van der Waals surface area contributed by atoms with E-state index in [9.17, 15) is 9.59 Å². The second-order valence-electron chi connectivity index (χ2n) is 15.3. The minimum Gasteiger partial charge on any atom is -0.464 e. The summed E-state index contributed by atoms with van der Waals surface area (Å²) in [6.07, 6.45) is 1.20. The van der Waals surface area contributed by atoms with Gasteiger partial charge in [-0.3, -0.25) is 4.90 Å². The van der Waals surface area contributed by atoms with Gasteiger partial charge in [-0.2, -0.15) is 23.3 Å². The van der Waals surface area contributed by atoms with Gasteiger partial charge in [0.2, 0.25) is 0 Å². The number of aromatic nitrogens is 2. The number of aliphatic imine (C=N–C) groups is 1. The van der Waals surface area contributed by atoms with Crippen molar-refractivity contribution in [2.75, 3.05) is 26.2 Å². The number of guanidine groups is 1. The van der Waals surface area contributed by atoms with Gasteiger partial charge in [-0.25, -0.2) is 14.3 Å². The summed E-state index contributed by atoms with van der Waals surface area (Å²) in [4.78, 5) is 34.3. The van der Waals surface area contributed by atoms with Gasteiger partial charge in [0.25, 0.3) is 0 Å². The zero-order valence-electron chi connectivity index (χ0n) is 31.8. The summed E-state index contributed by atoms with van der Waals surface area (Å²) in [5.74, 6) is 0.118. The first-order valence-corrected chi connectivity index (χ1v) is 19.5. The molecule has 1 spiro atoms. The molecule has 3 aliphatic heterocycles. The van der Waals surface area contributed by atoms with Gasteiger partial charge in [0, 0.05) is 37.5 Å². The lowest BCUT2D eigenvalue weighted by Crippen LogP contribution is -2.48. The molecular formula is C41H50F3N7O5. The number of nitrogens with zero attached hydrogens (tertiary/aromatic N) is 5. The maximum absolute atomic E-state index is 15.1. The van der Waals surface area contributed by atoms with Crippen molar-refractivity contribution in [2.24, 2.45) is 16.1 Å². The molecule has 3 fully saturated rings. The number of alkyl halides is 3. The molecule has 3 N–H and O–H groups in total. The van der Waals surface area contributed by atoms with E-state index in [-0.39, 0.29) is 30.7 Å². The molecule has 1 unspecified atom stereocenters. The van der Waals surface area contributed by atoms with E-state index < -0.39 is 42.0 Å². The van der Waals surface area contributed by atoms with Crippen molar-refractivity contribution in [1.29, 1.82) is 0 Å². The van der Waals surface area contributed by atoms with Crippen LogP contribution in [-0.4, -0.2) is 82.3 Å². The highest BCUT2D eigenvalue weighted by molar-refractivity contribution is 5.82. The molecular weight excluding hydrogens is 727 g/mol. The van der Waals surface area contributed by atoms with Crippen molar-refractivity contribution < 1.29 is 37.0 Å².